The molecule has 96 heavy (non-hydrogen) atoms. The van der Waals surface area contributed by atoms with Crippen molar-refractivity contribution in [3.8, 4) is 6.07 Å². The minimum atomic E-state index is -5.45. The van der Waals surface area contributed by atoms with Gasteiger partial charge in [-0.2, -0.15) is 31.6 Å². The Hall–Kier alpha value is -2.39. The number of aliphatic hydroxyl groups is 1. The molecule has 6 aliphatic carbocycles. The van der Waals surface area contributed by atoms with Crippen molar-refractivity contribution >= 4 is 0 Å². The highest BCUT2D eigenvalue weighted by molar-refractivity contribution is 5.23. The molecule has 18 heteroatoms. The predicted molar refractivity (Wildman–Crippen MR) is 376 cm³/mol. The van der Waals surface area contributed by atoms with Crippen LogP contribution in [0.1, 0.15) is 357 Å². The lowest BCUT2D eigenvalue weighted by Crippen LogP contribution is -2.57. The molecule has 0 bridgehead atoms. The molecule has 0 saturated heterocycles. The average molecular weight is 1410 g/mol. The fourth-order valence-corrected chi connectivity index (χ4v) is 10.3. The maximum Gasteiger partial charge on any atom is 0.426 e. The van der Waals surface area contributed by atoms with E-state index in [1.807, 2.05) is 0 Å². The number of nitrogens with zero attached hydrogens (tertiary/aromatic N) is 1. The number of nitriles is 1. The van der Waals surface area contributed by atoms with E-state index >= 15 is 0 Å². The summed E-state index contributed by atoms with van der Waals surface area (Å²) in [6.07, 6.45) is 26.5. The first kappa shape index (κ1) is 102. The van der Waals surface area contributed by atoms with Gasteiger partial charge in [-0.05, 0) is 163 Å². The average Bonchev–Trinajstić information content (AvgIpc) is 1.08. The topological polar surface area (TPSA) is 62.5 Å². The van der Waals surface area contributed by atoms with Crippen molar-refractivity contribution in [3.63, 3.8) is 0 Å². The number of rotatable bonds is 14. The molecule has 0 unspecified atom stereocenters. The van der Waals surface area contributed by atoms with Gasteiger partial charge in [0.05, 0.1) is 17.1 Å². The first-order valence-electron chi connectivity index (χ1n) is 36.4. The molecule has 576 valence electrons. The maximum atomic E-state index is 12.0. The number of hydrogen-bond donors (Lipinski definition) is 1. The minimum absolute atomic E-state index is 0.0625. The molecule has 1 aromatic rings. The second kappa shape index (κ2) is 47.7. The van der Waals surface area contributed by atoms with E-state index in [-0.39, 0.29) is 17.4 Å². The summed E-state index contributed by atoms with van der Waals surface area (Å²) in [5, 5.41) is 18.3. The Kier molecular flexibility index (Phi) is 50.8. The van der Waals surface area contributed by atoms with Crippen LogP contribution in [0.5, 0.6) is 0 Å². The van der Waals surface area contributed by atoms with E-state index in [0.29, 0.717) is 12.5 Å². The molecule has 0 aromatic heterocycles. The van der Waals surface area contributed by atoms with Crippen molar-refractivity contribution in [2.45, 2.75) is 404 Å². The van der Waals surface area contributed by atoms with Gasteiger partial charge < -0.3 is 14.6 Å². The monoisotopic (exact) mass is 1410 g/mol. The van der Waals surface area contributed by atoms with Crippen LogP contribution in [0.2, 0.25) is 0 Å². The molecule has 1 N–H and O–H groups in total. The highest BCUT2D eigenvalue weighted by Gasteiger charge is 2.70. The van der Waals surface area contributed by atoms with Crippen LogP contribution in [-0.4, -0.2) is 73.2 Å². The lowest BCUT2D eigenvalue weighted by Gasteiger charge is -2.37. The summed E-state index contributed by atoms with van der Waals surface area (Å²) >= 11 is 0. The van der Waals surface area contributed by atoms with Crippen molar-refractivity contribution < 1.29 is 76.0 Å². The largest absolute Gasteiger partial charge is 0.426 e. The van der Waals surface area contributed by atoms with Crippen molar-refractivity contribution in [1.29, 1.82) is 5.26 Å². The van der Waals surface area contributed by atoms with E-state index in [1.165, 1.54) is 181 Å². The summed E-state index contributed by atoms with van der Waals surface area (Å²) in [4.78, 5) is 0. The molecular formula is C78H143F14NO3. The van der Waals surface area contributed by atoms with Gasteiger partial charge in [-0.15, -0.1) is 0 Å². The summed E-state index contributed by atoms with van der Waals surface area (Å²) in [7, 11) is 1.64. The summed E-state index contributed by atoms with van der Waals surface area (Å²) in [6, 6.07) is 13.1. The second-order valence-electron chi connectivity index (χ2n) is 30.9. The SMILES string of the molecule is CC(C)(F)F.CC(C)C(C)(F)F.CCC(C)(C)c1ccccc1.CCC(C)(F)F.CCC(OC)(C(F)(F)F)C(F)(F)F.CCC1(C#N)CCCC1.CCC1(C)CC1.CCC1(C)CCC1.CCC1(C)CCCC1.CCC1(C)CCCCC1.CCC1(O)CCCC1.COCC(C)(F)F. The Morgan fingerprint density at radius 3 is 0.875 bits per heavy atom. The number of benzene rings is 1. The smallest absolute Gasteiger partial charge is 0.390 e. The van der Waals surface area contributed by atoms with Gasteiger partial charge in [-0.3, -0.25) is 0 Å². The lowest BCUT2D eigenvalue weighted by molar-refractivity contribution is -0.375. The molecule has 0 aliphatic heterocycles. The van der Waals surface area contributed by atoms with Crippen LogP contribution in [0.4, 0.5) is 61.5 Å². The molecule has 0 amide bonds. The fraction of sp³-hybridized carbons (Fsp3) is 0.910. The highest BCUT2D eigenvalue weighted by atomic mass is 19.4. The quantitative estimate of drug-likeness (QED) is 0.189. The standard InChI is InChI=1S/C11H16.C9H18.C8H13N.C8H16.C7H14O.C7H14.C6H8F6O.C6H12.C5H10F2.C4H8F2O.C4H8F2.C3H6F2/c1-4-11(2,3)10-8-6-5-7-9-10;1-3-9(2)7-5-4-6-8-9;1-2-8(7-9)5-3-4-6-8;1-3-8(2)6-4-5-7-8;1-2-7(8)5-3-4-6-7;1-3-7(2)5-4-6-7;1-3-4(13-2,5(7,8)9)6(10,11)12;1-3-6(2)4-5-6;1-4(2)5(3,6)7;1-4(5,6)3-7-2;1-3-4(2,5)6;1-3(2,4)5/h5-9H,4H2,1-3H3;3-8H2,1-2H3;2-6H2,1H3;3-7H2,1-2H3;8H,2-6H2,1H3;3-6H2,1-2H3;3H2,1-2H3;3-5H2,1-2H3;4H,1-3H3;3H2,1-2H3;3H2,1-2H3;1-2H3. The minimum Gasteiger partial charge on any atom is -0.390 e. The zero-order valence-electron chi connectivity index (χ0n) is 65.1. The molecule has 6 saturated carbocycles. The first-order valence-corrected chi connectivity index (χ1v) is 36.4. The number of hydrogen-bond acceptors (Lipinski definition) is 4. The van der Waals surface area contributed by atoms with Gasteiger partial charge in [0.25, 0.3) is 11.5 Å². The van der Waals surface area contributed by atoms with Crippen molar-refractivity contribution in [2.75, 3.05) is 20.8 Å². The molecule has 6 fully saturated rings. The van der Waals surface area contributed by atoms with Crippen molar-refractivity contribution in [3.05, 3.63) is 35.9 Å². The zero-order valence-corrected chi connectivity index (χ0v) is 65.1. The molecule has 0 heterocycles. The van der Waals surface area contributed by atoms with Gasteiger partial charge in [0.2, 0.25) is 17.8 Å². The summed E-state index contributed by atoms with van der Waals surface area (Å²) in [5.74, 6) is -10.7. The molecular weight excluding hydrogens is 1260 g/mol. The van der Waals surface area contributed by atoms with E-state index in [2.05, 4.69) is 136 Å². The fourth-order valence-electron chi connectivity index (χ4n) is 10.3. The van der Waals surface area contributed by atoms with E-state index < -0.39 is 60.6 Å². The molecule has 0 spiro atoms. The van der Waals surface area contributed by atoms with Gasteiger partial charge in [-0.25, -0.2) is 35.1 Å². The molecule has 1 aromatic carbocycles. The number of methoxy groups -OCH3 is 2. The molecule has 6 aliphatic rings. The Labute approximate surface area is 578 Å². The van der Waals surface area contributed by atoms with Crippen LogP contribution >= 0.6 is 0 Å². The summed E-state index contributed by atoms with van der Waals surface area (Å²) < 4.78 is 172. The van der Waals surface area contributed by atoms with Gasteiger partial charge >= 0.3 is 12.4 Å². The lowest BCUT2D eigenvalue weighted by atomic mass is 9.69. The van der Waals surface area contributed by atoms with E-state index in [9.17, 15) is 66.6 Å². The third-order valence-corrected chi connectivity index (χ3v) is 20.9. The number of halogens is 14. The van der Waals surface area contributed by atoms with Crippen LogP contribution < -0.4 is 0 Å². The molecule has 0 radical (unpaired) electrons. The van der Waals surface area contributed by atoms with E-state index in [4.69, 9.17) is 5.26 Å². The van der Waals surface area contributed by atoms with E-state index in [1.54, 1.807) is 0 Å². The summed E-state index contributed by atoms with van der Waals surface area (Å²) in [5.41, 5.74) is 0.557. The van der Waals surface area contributed by atoms with Crippen LogP contribution in [0.3, 0.4) is 0 Å². The van der Waals surface area contributed by atoms with Gasteiger partial charge in [0.15, 0.2) is 0 Å². The molecule has 4 nitrogen and oxygen atoms in total. The third-order valence-electron chi connectivity index (χ3n) is 20.9. The van der Waals surface area contributed by atoms with Gasteiger partial charge in [0.1, 0.15) is 6.61 Å². The Morgan fingerprint density at radius 2 is 0.740 bits per heavy atom. The van der Waals surface area contributed by atoms with Crippen molar-refractivity contribution in [2.24, 2.45) is 33.0 Å². The highest BCUT2D eigenvalue weighted by Crippen LogP contribution is 2.49. The first-order chi connectivity index (χ1) is 43.5. The van der Waals surface area contributed by atoms with E-state index in [0.717, 1.165) is 102 Å². The molecule has 7 rings (SSSR count). The Morgan fingerprint density at radius 1 is 0.438 bits per heavy atom. The van der Waals surface area contributed by atoms with Crippen LogP contribution in [0.15, 0.2) is 30.3 Å². The Bertz CT molecular complexity index is 1970. The second-order valence-corrected chi connectivity index (χ2v) is 30.9. The van der Waals surface area contributed by atoms with Crippen LogP contribution in [0, 0.1) is 44.3 Å². The molecule has 0 atom stereocenters. The van der Waals surface area contributed by atoms with Gasteiger partial charge in [-0.1, -0.05) is 238 Å². The number of alkyl halides is 14. The maximum absolute atomic E-state index is 12.0. The van der Waals surface area contributed by atoms with Crippen molar-refractivity contribution in [1.82, 2.24) is 0 Å². The van der Waals surface area contributed by atoms with Gasteiger partial charge in [0, 0.05) is 33.5 Å². The summed E-state index contributed by atoms with van der Waals surface area (Å²) in [6.45, 7) is 38.9. The predicted octanol–water partition coefficient (Wildman–Crippen LogP) is 28.9. The normalized spacial score (nSPS) is 19.2. The third kappa shape index (κ3) is 50.0. The van der Waals surface area contributed by atoms with Crippen LogP contribution in [-0.2, 0) is 14.9 Å². The van der Waals surface area contributed by atoms with Crippen LogP contribution in [0.25, 0.3) is 0 Å². The zero-order chi connectivity index (χ0) is 76.4. The Balaban J connectivity index is -0.000000316. The number of ether oxygens (including phenoxy) is 2.